The van der Waals surface area contributed by atoms with Crippen LogP contribution in [0, 0.1) is 6.92 Å². The number of ether oxygens (including phenoxy) is 1. The topological polar surface area (TPSA) is 102 Å². The summed E-state index contributed by atoms with van der Waals surface area (Å²) in [4.78, 5) is 21.6. The van der Waals surface area contributed by atoms with Gasteiger partial charge in [0.15, 0.2) is 5.82 Å². The summed E-state index contributed by atoms with van der Waals surface area (Å²) in [7, 11) is 1.56. The minimum absolute atomic E-state index is 0.297. The number of nitrogens with one attached hydrogen (secondary N) is 1. The molecule has 3 aromatic heterocycles. The summed E-state index contributed by atoms with van der Waals surface area (Å²) in [6.45, 7) is 5.29. The third-order valence-electron chi connectivity index (χ3n) is 4.87. The fourth-order valence-corrected chi connectivity index (χ4v) is 3.23. The van der Waals surface area contributed by atoms with Crippen molar-refractivity contribution in [2.24, 2.45) is 0 Å². The van der Waals surface area contributed by atoms with Gasteiger partial charge in [0.05, 0.1) is 23.9 Å². The quantitative estimate of drug-likeness (QED) is 0.515. The van der Waals surface area contributed by atoms with Crippen LogP contribution in [0.5, 0.6) is 5.88 Å². The van der Waals surface area contributed by atoms with Crippen molar-refractivity contribution >= 4 is 17.2 Å². The Balaban J connectivity index is 1.68. The molecule has 8 heteroatoms. The third-order valence-corrected chi connectivity index (χ3v) is 4.87. The van der Waals surface area contributed by atoms with E-state index in [9.17, 15) is 9.90 Å². The number of aryl methyl sites for hydroxylation is 1. The Morgan fingerprint density at radius 3 is 2.48 bits per heavy atom. The second kappa shape index (κ2) is 7.81. The summed E-state index contributed by atoms with van der Waals surface area (Å²) in [6, 6.07) is 14.1. The number of pyridine rings is 1. The zero-order valence-electron chi connectivity index (χ0n) is 17.7. The number of hydrogen-bond acceptors (Lipinski definition) is 6. The molecule has 0 atom stereocenters. The van der Waals surface area contributed by atoms with Gasteiger partial charge in [0, 0.05) is 29.5 Å². The van der Waals surface area contributed by atoms with Crippen LogP contribution in [-0.4, -0.2) is 37.7 Å². The number of nitrogens with zero attached hydrogens (tertiary/aromatic N) is 4. The molecule has 4 rings (SSSR count). The maximum Gasteiger partial charge on any atom is 0.256 e. The molecule has 0 radical (unpaired) electrons. The van der Waals surface area contributed by atoms with Gasteiger partial charge in [-0.05, 0) is 50.6 Å². The van der Waals surface area contributed by atoms with E-state index in [2.05, 4.69) is 20.4 Å². The number of aliphatic hydroxyl groups is 1. The number of fused-ring (bicyclic) bond motifs is 1. The van der Waals surface area contributed by atoms with Crippen molar-refractivity contribution in [3.8, 4) is 17.3 Å². The van der Waals surface area contributed by atoms with Gasteiger partial charge in [-0.25, -0.2) is 14.5 Å². The summed E-state index contributed by atoms with van der Waals surface area (Å²) >= 11 is 0. The zero-order valence-corrected chi connectivity index (χ0v) is 17.7. The van der Waals surface area contributed by atoms with Gasteiger partial charge in [0.25, 0.3) is 5.91 Å². The van der Waals surface area contributed by atoms with Crippen molar-refractivity contribution in [1.82, 2.24) is 19.6 Å². The predicted octanol–water partition coefficient (Wildman–Crippen LogP) is 3.59. The molecule has 0 saturated heterocycles. The van der Waals surface area contributed by atoms with E-state index in [1.165, 1.54) is 0 Å². The fraction of sp³-hybridized carbons (Fsp3) is 0.217. The van der Waals surface area contributed by atoms with Crippen molar-refractivity contribution < 1.29 is 14.6 Å². The lowest BCUT2D eigenvalue weighted by atomic mass is 9.97. The van der Waals surface area contributed by atoms with Crippen molar-refractivity contribution in [3.05, 3.63) is 71.5 Å². The zero-order chi connectivity index (χ0) is 22.2. The highest BCUT2D eigenvalue weighted by atomic mass is 16.5. The van der Waals surface area contributed by atoms with Gasteiger partial charge >= 0.3 is 0 Å². The van der Waals surface area contributed by atoms with Crippen LogP contribution in [0.15, 0.2) is 54.7 Å². The van der Waals surface area contributed by atoms with E-state index in [1.807, 2.05) is 19.1 Å². The van der Waals surface area contributed by atoms with Gasteiger partial charge in [0.1, 0.15) is 5.82 Å². The van der Waals surface area contributed by atoms with Gasteiger partial charge in [0.2, 0.25) is 5.88 Å². The van der Waals surface area contributed by atoms with Crippen LogP contribution in [0.4, 0.5) is 5.82 Å². The first kappa shape index (κ1) is 20.5. The maximum atomic E-state index is 12.8. The molecule has 2 N–H and O–H groups in total. The molecule has 0 spiro atoms. The second-order valence-electron chi connectivity index (χ2n) is 7.77. The minimum Gasteiger partial charge on any atom is -0.481 e. The van der Waals surface area contributed by atoms with Gasteiger partial charge in [-0.1, -0.05) is 12.1 Å². The van der Waals surface area contributed by atoms with Crippen LogP contribution in [-0.2, 0) is 5.60 Å². The van der Waals surface area contributed by atoms with E-state index >= 15 is 0 Å². The number of hydrogen-bond donors (Lipinski definition) is 2. The van der Waals surface area contributed by atoms with Crippen LogP contribution >= 0.6 is 0 Å². The Labute approximate surface area is 179 Å². The van der Waals surface area contributed by atoms with Crippen molar-refractivity contribution in [2.75, 3.05) is 12.4 Å². The first-order valence-corrected chi connectivity index (χ1v) is 9.77. The van der Waals surface area contributed by atoms with Crippen LogP contribution in [0.3, 0.4) is 0 Å². The third kappa shape index (κ3) is 4.24. The smallest absolute Gasteiger partial charge is 0.256 e. The van der Waals surface area contributed by atoms with E-state index in [-0.39, 0.29) is 5.91 Å². The average molecular weight is 417 g/mol. The molecule has 158 valence electrons. The number of amides is 1. The Bertz CT molecular complexity index is 1240. The molecule has 0 bridgehead atoms. The van der Waals surface area contributed by atoms with Crippen LogP contribution < -0.4 is 10.1 Å². The molecule has 0 aliphatic heterocycles. The van der Waals surface area contributed by atoms with Crippen LogP contribution in [0.25, 0.3) is 16.9 Å². The molecule has 0 aliphatic rings. The normalized spacial score (nSPS) is 11.5. The number of carbonyl (C=O) groups excluding carboxylic acids is 1. The Morgan fingerprint density at radius 1 is 1.13 bits per heavy atom. The summed E-state index contributed by atoms with van der Waals surface area (Å²) in [5.74, 6) is 1.15. The van der Waals surface area contributed by atoms with E-state index in [0.29, 0.717) is 23.1 Å². The van der Waals surface area contributed by atoms with Gasteiger partial charge in [-0.3, -0.25) is 4.79 Å². The summed E-state index contributed by atoms with van der Waals surface area (Å²) in [5.41, 5.74) is 2.59. The Morgan fingerprint density at radius 2 is 1.87 bits per heavy atom. The van der Waals surface area contributed by atoms with Gasteiger partial charge < -0.3 is 15.2 Å². The van der Waals surface area contributed by atoms with Crippen molar-refractivity contribution in [1.29, 1.82) is 0 Å². The molecule has 8 nitrogen and oxygen atoms in total. The highest BCUT2D eigenvalue weighted by Gasteiger charge is 2.17. The molecule has 31 heavy (non-hydrogen) atoms. The molecular formula is C23H23N5O3. The molecular weight excluding hydrogens is 394 g/mol. The van der Waals surface area contributed by atoms with E-state index in [1.54, 1.807) is 68.1 Å². The summed E-state index contributed by atoms with van der Waals surface area (Å²) < 4.78 is 6.84. The van der Waals surface area contributed by atoms with Crippen LogP contribution in [0.2, 0.25) is 0 Å². The molecule has 0 unspecified atom stereocenters. The average Bonchev–Trinajstić information content (AvgIpc) is 3.12. The first-order chi connectivity index (χ1) is 14.7. The molecule has 1 amide bonds. The SMILES string of the molecule is COc1ccc(-c2nc(NC(=O)c3ccc(C(C)(C)O)cc3)cc3cc(C)nn23)cn1. The Kier molecular flexibility index (Phi) is 5.16. The molecule has 0 aliphatic carbocycles. The number of anilines is 1. The lowest BCUT2D eigenvalue weighted by molar-refractivity contribution is 0.0785. The number of aromatic nitrogens is 4. The molecule has 4 aromatic rings. The van der Waals surface area contributed by atoms with Gasteiger partial charge in [-0.2, -0.15) is 5.10 Å². The molecule has 0 fully saturated rings. The summed E-state index contributed by atoms with van der Waals surface area (Å²) in [6.07, 6.45) is 1.65. The second-order valence-corrected chi connectivity index (χ2v) is 7.77. The Hall–Kier alpha value is -3.78. The lowest BCUT2D eigenvalue weighted by Gasteiger charge is -2.17. The number of rotatable bonds is 5. The number of methoxy groups -OCH3 is 1. The number of carbonyl (C=O) groups is 1. The molecule has 0 saturated carbocycles. The highest BCUT2D eigenvalue weighted by Crippen LogP contribution is 2.24. The van der Waals surface area contributed by atoms with E-state index in [0.717, 1.165) is 22.3 Å². The summed E-state index contributed by atoms with van der Waals surface area (Å²) in [5, 5.41) is 17.4. The van der Waals surface area contributed by atoms with Gasteiger partial charge in [-0.15, -0.1) is 0 Å². The molecule has 1 aromatic carbocycles. The van der Waals surface area contributed by atoms with E-state index in [4.69, 9.17) is 4.74 Å². The number of benzene rings is 1. The molecule has 3 heterocycles. The lowest BCUT2D eigenvalue weighted by Crippen LogP contribution is -2.17. The van der Waals surface area contributed by atoms with Crippen molar-refractivity contribution in [2.45, 2.75) is 26.4 Å². The maximum absolute atomic E-state index is 12.8. The van der Waals surface area contributed by atoms with Crippen LogP contribution in [0.1, 0.15) is 35.5 Å². The monoisotopic (exact) mass is 417 g/mol. The van der Waals surface area contributed by atoms with Crippen molar-refractivity contribution in [3.63, 3.8) is 0 Å². The predicted molar refractivity (Wildman–Crippen MR) is 117 cm³/mol. The largest absolute Gasteiger partial charge is 0.481 e. The first-order valence-electron chi connectivity index (χ1n) is 9.77. The minimum atomic E-state index is -0.969. The standard InChI is InChI=1S/C23H23N5O3/c1-14-11-18-12-19(26-22(29)15-5-8-17(9-6-15)23(2,3)30)25-21(28(18)27-14)16-7-10-20(31-4)24-13-16/h5-13,30H,1-4H3,(H,26,29). The van der Waals surface area contributed by atoms with E-state index < -0.39 is 5.60 Å². The fourth-order valence-electron chi connectivity index (χ4n) is 3.23. The highest BCUT2D eigenvalue weighted by molar-refractivity contribution is 6.04.